The number of aromatic nitrogens is 4. The van der Waals surface area contributed by atoms with Crippen molar-refractivity contribution in [2.24, 2.45) is 0 Å². The quantitative estimate of drug-likeness (QED) is 0.176. The summed E-state index contributed by atoms with van der Waals surface area (Å²) in [5, 5.41) is 5.98. The van der Waals surface area contributed by atoms with Gasteiger partial charge < -0.3 is 4.57 Å². The fraction of sp³-hybridized carbons (Fsp3) is 0.0370. The first kappa shape index (κ1) is 32.7. The van der Waals surface area contributed by atoms with Gasteiger partial charge in [-0.25, -0.2) is 9.97 Å². The molecular weight excluding hydrogens is 705 g/mol. The SMILES string of the molecule is C1=Cc2c(ccc3c2c2cc(-c4ccc5c(c4)c4ccccc4n5-c4ccccc4)ccc2n3-c2nc(-c3ccc(-c4ccccc4)cc3)c3ccccc3n2)CC1. The lowest BCUT2D eigenvalue weighted by atomic mass is 9.92. The van der Waals surface area contributed by atoms with E-state index in [9.17, 15) is 0 Å². The van der Waals surface area contributed by atoms with Gasteiger partial charge >= 0.3 is 0 Å². The molecule has 0 N–H and O–H groups in total. The lowest BCUT2D eigenvalue weighted by Crippen LogP contribution is -2.04. The number of benzene rings is 8. The van der Waals surface area contributed by atoms with Gasteiger partial charge in [-0.3, -0.25) is 4.57 Å². The van der Waals surface area contributed by atoms with E-state index in [1.165, 1.54) is 66.0 Å². The first-order valence-corrected chi connectivity index (χ1v) is 20.1. The molecule has 0 spiro atoms. The number of nitrogens with zero attached hydrogens (tertiary/aromatic N) is 4. The third kappa shape index (κ3) is 5.08. The van der Waals surface area contributed by atoms with E-state index in [1.54, 1.807) is 0 Å². The molecule has 8 aromatic carbocycles. The molecule has 12 rings (SSSR count). The van der Waals surface area contributed by atoms with Crippen LogP contribution in [0.3, 0.4) is 0 Å². The van der Waals surface area contributed by atoms with Crippen molar-refractivity contribution in [3.05, 3.63) is 199 Å². The zero-order valence-corrected chi connectivity index (χ0v) is 31.7. The summed E-state index contributed by atoms with van der Waals surface area (Å²) in [6.45, 7) is 0. The highest BCUT2D eigenvalue weighted by Gasteiger charge is 2.22. The van der Waals surface area contributed by atoms with Crippen LogP contribution in [-0.2, 0) is 6.42 Å². The second kappa shape index (κ2) is 13.0. The van der Waals surface area contributed by atoms with E-state index in [-0.39, 0.29) is 0 Å². The van der Waals surface area contributed by atoms with Gasteiger partial charge in [0.2, 0.25) is 5.95 Å². The minimum Gasteiger partial charge on any atom is -0.309 e. The molecule has 4 heteroatoms. The van der Waals surface area contributed by atoms with Crippen LogP contribution in [0.2, 0.25) is 0 Å². The van der Waals surface area contributed by atoms with E-state index < -0.39 is 0 Å². The first-order valence-electron chi connectivity index (χ1n) is 20.1. The molecule has 272 valence electrons. The standard InChI is InChI=1S/C54H36N4/c1-3-13-35(14-4-1)36-23-25-38(26-24-36)53-44-20-9-11-21-47(44)55-54(56-53)58-50-31-29-40(34-46(50)52-42-18-8-7-15-37(42)27-32-51(52)58)39-28-30-49-45(33-39)43-19-10-12-22-48(43)57(49)41-16-5-2-6-17-41/h1-6,8-14,16-34H,7,15H2. The highest BCUT2D eigenvalue weighted by Crippen LogP contribution is 2.41. The Morgan fingerprint density at radius 2 is 1.02 bits per heavy atom. The van der Waals surface area contributed by atoms with Crippen molar-refractivity contribution in [1.29, 1.82) is 0 Å². The van der Waals surface area contributed by atoms with Crippen molar-refractivity contribution in [3.8, 4) is 45.1 Å². The molecule has 0 aliphatic heterocycles. The largest absolute Gasteiger partial charge is 0.309 e. The average Bonchev–Trinajstić information content (AvgIpc) is 3.82. The number of para-hydroxylation sites is 3. The topological polar surface area (TPSA) is 35.6 Å². The lowest BCUT2D eigenvalue weighted by Gasteiger charge is -2.14. The Kier molecular flexibility index (Phi) is 7.32. The fourth-order valence-corrected chi connectivity index (χ4v) is 9.27. The third-order valence-corrected chi connectivity index (χ3v) is 12.0. The maximum Gasteiger partial charge on any atom is 0.235 e. The maximum atomic E-state index is 5.43. The summed E-state index contributed by atoms with van der Waals surface area (Å²) >= 11 is 0. The van der Waals surface area contributed by atoms with Gasteiger partial charge in [-0.05, 0) is 101 Å². The van der Waals surface area contributed by atoms with Gasteiger partial charge in [0.05, 0.1) is 33.3 Å². The van der Waals surface area contributed by atoms with Crippen LogP contribution in [0, 0.1) is 0 Å². The van der Waals surface area contributed by atoms with Crippen LogP contribution < -0.4 is 0 Å². The van der Waals surface area contributed by atoms with E-state index in [0.29, 0.717) is 5.95 Å². The lowest BCUT2D eigenvalue weighted by molar-refractivity contribution is 0.986. The van der Waals surface area contributed by atoms with Crippen molar-refractivity contribution in [1.82, 2.24) is 19.1 Å². The van der Waals surface area contributed by atoms with Crippen LogP contribution in [0.15, 0.2) is 188 Å². The van der Waals surface area contributed by atoms with Crippen LogP contribution >= 0.6 is 0 Å². The third-order valence-electron chi connectivity index (χ3n) is 12.0. The zero-order chi connectivity index (χ0) is 38.2. The number of hydrogen-bond donors (Lipinski definition) is 0. The van der Waals surface area contributed by atoms with Crippen LogP contribution in [0.25, 0.3) is 106 Å². The van der Waals surface area contributed by atoms with Crippen molar-refractivity contribution in [3.63, 3.8) is 0 Å². The summed E-state index contributed by atoms with van der Waals surface area (Å²) in [5.41, 5.74) is 16.1. The summed E-state index contributed by atoms with van der Waals surface area (Å²) in [6.07, 6.45) is 6.73. The van der Waals surface area contributed by atoms with Crippen LogP contribution in [0.5, 0.6) is 0 Å². The highest BCUT2D eigenvalue weighted by atomic mass is 15.2. The molecule has 58 heavy (non-hydrogen) atoms. The summed E-state index contributed by atoms with van der Waals surface area (Å²) in [4.78, 5) is 10.7. The molecule has 0 unspecified atom stereocenters. The molecule has 3 heterocycles. The number of aryl methyl sites for hydroxylation is 1. The summed E-state index contributed by atoms with van der Waals surface area (Å²) in [5.74, 6) is 0.670. The van der Waals surface area contributed by atoms with Gasteiger partial charge in [-0.15, -0.1) is 0 Å². The van der Waals surface area contributed by atoms with Crippen LogP contribution in [0.4, 0.5) is 0 Å². The second-order valence-corrected chi connectivity index (χ2v) is 15.3. The monoisotopic (exact) mass is 740 g/mol. The summed E-state index contributed by atoms with van der Waals surface area (Å²) in [6, 6.07) is 65.5. The molecule has 3 aromatic heterocycles. The molecule has 11 aromatic rings. The van der Waals surface area contributed by atoms with Crippen molar-refractivity contribution in [2.45, 2.75) is 12.8 Å². The van der Waals surface area contributed by atoms with Crippen molar-refractivity contribution in [2.75, 3.05) is 0 Å². The van der Waals surface area contributed by atoms with Gasteiger partial charge in [0.25, 0.3) is 0 Å². The molecule has 0 saturated carbocycles. The minimum atomic E-state index is 0.670. The molecule has 0 fully saturated rings. The van der Waals surface area contributed by atoms with Gasteiger partial charge in [0.1, 0.15) is 0 Å². The predicted molar refractivity (Wildman–Crippen MR) is 242 cm³/mol. The van der Waals surface area contributed by atoms with E-state index in [1.807, 2.05) is 0 Å². The number of allylic oxidation sites excluding steroid dienone is 1. The normalized spacial score (nSPS) is 12.6. The molecule has 1 aliphatic carbocycles. The van der Waals surface area contributed by atoms with Gasteiger partial charge in [0, 0.05) is 38.2 Å². The van der Waals surface area contributed by atoms with Crippen molar-refractivity contribution < 1.29 is 0 Å². The Hall–Kier alpha value is -7.56. The van der Waals surface area contributed by atoms with E-state index in [4.69, 9.17) is 9.97 Å². The molecule has 4 nitrogen and oxygen atoms in total. The molecular formula is C54H36N4. The van der Waals surface area contributed by atoms with Crippen LogP contribution in [0.1, 0.15) is 17.5 Å². The zero-order valence-electron chi connectivity index (χ0n) is 31.7. The highest BCUT2D eigenvalue weighted by molar-refractivity contribution is 6.15. The van der Waals surface area contributed by atoms with Crippen LogP contribution in [-0.4, -0.2) is 19.1 Å². The minimum absolute atomic E-state index is 0.670. The Bertz CT molecular complexity index is 3430. The molecule has 0 radical (unpaired) electrons. The van der Waals surface area contributed by atoms with E-state index in [0.717, 1.165) is 51.7 Å². The van der Waals surface area contributed by atoms with Gasteiger partial charge in [-0.2, -0.15) is 0 Å². The Morgan fingerprint density at radius 1 is 0.414 bits per heavy atom. The maximum absolute atomic E-state index is 5.43. The molecule has 0 amide bonds. The Balaban J connectivity index is 1.06. The van der Waals surface area contributed by atoms with Gasteiger partial charge in [0.15, 0.2) is 0 Å². The van der Waals surface area contributed by atoms with E-state index >= 15 is 0 Å². The summed E-state index contributed by atoms with van der Waals surface area (Å²) in [7, 11) is 0. The smallest absolute Gasteiger partial charge is 0.235 e. The van der Waals surface area contributed by atoms with Gasteiger partial charge in [-0.1, -0.05) is 140 Å². The number of rotatable bonds is 5. The fourth-order valence-electron chi connectivity index (χ4n) is 9.27. The van der Waals surface area contributed by atoms with Crippen molar-refractivity contribution >= 4 is 60.6 Å². The van der Waals surface area contributed by atoms with E-state index in [2.05, 4.69) is 203 Å². The molecule has 0 saturated heterocycles. The number of hydrogen-bond acceptors (Lipinski definition) is 2. The second-order valence-electron chi connectivity index (χ2n) is 15.3. The molecule has 1 aliphatic rings. The summed E-state index contributed by atoms with van der Waals surface area (Å²) < 4.78 is 4.65. The molecule has 0 atom stereocenters. The Labute approximate surface area is 335 Å². The average molecular weight is 741 g/mol. The Morgan fingerprint density at radius 3 is 1.83 bits per heavy atom. The number of fused-ring (bicyclic) bond motifs is 9. The predicted octanol–water partition coefficient (Wildman–Crippen LogP) is 13.8. The first-order chi connectivity index (χ1) is 28.8. The molecule has 0 bridgehead atoms.